The minimum atomic E-state index is -0.274. The second kappa shape index (κ2) is 5.83. The fourth-order valence-electron chi connectivity index (χ4n) is 1.51. The van der Waals surface area contributed by atoms with Gasteiger partial charge in [-0.25, -0.2) is 4.98 Å². The number of hydrogen-bond donors (Lipinski definition) is 1. The van der Waals surface area contributed by atoms with E-state index in [1.165, 1.54) is 0 Å². The molecule has 1 aromatic rings. The van der Waals surface area contributed by atoms with E-state index in [0.29, 0.717) is 0 Å². The van der Waals surface area contributed by atoms with Crippen LogP contribution in [0.4, 0.5) is 0 Å². The minimum absolute atomic E-state index is 0.189. The molecule has 17 heavy (non-hydrogen) atoms. The van der Waals surface area contributed by atoms with E-state index in [1.807, 2.05) is 30.9 Å². The van der Waals surface area contributed by atoms with Crippen LogP contribution in [0.1, 0.15) is 39.3 Å². The summed E-state index contributed by atoms with van der Waals surface area (Å²) in [5, 5.41) is 8.94. The highest BCUT2D eigenvalue weighted by Gasteiger charge is 2.16. The van der Waals surface area contributed by atoms with Crippen LogP contribution in [0.2, 0.25) is 0 Å². The molecule has 0 aliphatic carbocycles. The van der Waals surface area contributed by atoms with Crippen molar-refractivity contribution in [2.24, 2.45) is 11.1 Å². The molecule has 0 aromatic carbocycles. The van der Waals surface area contributed by atoms with Crippen molar-refractivity contribution < 1.29 is 0 Å². The molecule has 0 saturated carbocycles. The van der Waals surface area contributed by atoms with Gasteiger partial charge in [0.2, 0.25) is 0 Å². The van der Waals surface area contributed by atoms with Gasteiger partial charge in [-0.15, -0.1) is 0 Å². The molecule has 4 heteroatoms. The number of hydrogen-bond acceptors (Lipinski definition) is 3. The SMILES string of the molecule is CCC(N)Cc1cn(CCC(C)(C)C#N)cn1. The highest BCUT2D eigenvalue weighted by atomic mass is 15.0. The van der Waals surface area contributed by atoms with E-state index in [9.17, 15) is 0 Å². The first-order valence-electron chi connectivity index (χ1n) is 6.14. The summed E-state index contributed by atoms with van der Waals surface area (Å²) in [4.78, 5) is 4.33. The van der Waals surface area contributed by atoms with E-state index in [0.717, 1.165) is 31.5 Å². The number of aryl methyl sites for hydroxylation is 1. The van der Waals surface area contributed by atoms with Gasteiger partial charge in [-0.05, 0) is 26.7 Å². The van der Waals surface area contributed by atoms with Gasteiger partial charge < -0.3 is 10.3 Å². The Morgan fingerprint density at radius 2 is 2.29 bits per heavy atom. The monoisotopic (exact) mass is 234 g/mol. The van der Waals surface area contributed by atoms with Crippen LogP contribution in [0.5, 0.6) is 0 Å². The lowest BCUT2D eigenvalue weighted by molar-refractivity contribution is 0.413. The zero-order valence-corrected chi connectivity index (χ0v) is 11.0. The molecule has 94 valence electrons. The molecule has 0 amide bonds. The number of nitriles is 1. The van der Waals surface area contributed by atoms with E-state index in [1.54, 1.807) is 0 Å². The van der Waals surface area contributed by atoms with Crippen molar-refractivity contribution in [1.82, 2.24) is 9.55 Å². The van der Waals surface area contributed by atoms with Crippen molar-refractivity contribution in [3.8, 4) is 6.07 Å². The maximum absolute atomic E-state index is 8.94. The van der Waals surface area contributed by atoms with Crippen LogP contribution in [-0.4, -0.2) is 15.6 Å². The van der Waals surface area contributed by atoms with Crippen LogP contribution in [0.3, 0.4) is 0 Å². The number of nitrogens with two attached hydrogens (primary N) is 1. The van der Waals surface area contributed by atoms with Gasteiger partial charge in [0, 0.05) is 25.2 Å². The fraction of sp³-hybridized carbons (Fsp3) is 0.692. The first kappa shape index (κ1) is 13.7. The molecule has 2 N–H and O–H groups in total. The molecule has 0 aliphatic rings. The highest BCUT2D eigenvalue weighted by Crippen LogP contribution is 2.19. The Hall–Kier alpha value is -1.34. The number of rotatable bonds is 6. The summed E-state index contributed by atoms with van der Waals surface area (Å²) in [5.41, 5.74) is 6.65. The Morgan fingerprint density at radius 3 is 2.88 bits per heavy atom. The smallest absolute Gasteiger partial charge is 0.0949 e. The third-order valence-corrected chi connectivity index (χ3v) is 2.98. The average Bonchev–Trinajstić information content (AvgIpc) is 2.74. The van der Waals surface area contributed by atoms with Crippen molar-refractivity contribution in [2.45, 2.75) is 52.6 Å². The lowest BCUT2D eigenvalue weighted by Gasteiger charge is -2.14. The topological polar surface area (TPSA) is 67.6 Å². The molecule has 1 unspecified atom stereocenters. The third kappa shape index (κ3) is 4.58. The zero-order valence-electron chi connectivity index (χ0n) is 11.0. The fourth-order valence-corrected chi connectivity index (χ4v) is 1.51. The van der Waals surface area contributed by atoms with E-state index >= 15 is 0 Å². The quantitative estimate of drug-likeness (QED) is 0.819. The summed E-state index contributed by atoms with van der Waals surface area (Å²) in [6, 6.07) is 2.49. The largest absolute Gasteiger partial charge is 0.337 e. The van der Waals surface area contributed by atoms with E-state index in [-0.39, 0.29) is 11.5 Å². The summed E-state index contributed by atoms with van der Waals surface area (Å²) < 4.78 is 2.04. The molecule has 0 saturated heterocycles. The first-order chi connectivity index (χ1) is 7.96. The minimum Gasteiger partial charge on any atom is -0.337 e. The van der Waals surface area contributed by atoms with Gasteiger partial charge in [-0.1, -0.05) is 6.92 Å². The summed E-state index contributed by atoms with van der Waals surface area (Å²) in [5.74, 6) is 0. The van der Waals surface area contributed by atoms with Gasteiger partial charge in [0.15, 0.2) is 0 Å². The Balaban J connectivity index is 2.49. The Bertz CT molecular complexity index is 386. The first-order valence-corrected chi connectivity index (χ1v) is 6.14. The normalized spacial score (nSPS) is 13.4. The van der Waals surface area contributed by atoms with Crippen LogP contribution in [0, 0.1) is 16.7 Å². The summed E-state index contributed by atoms with van der Waals surface area (Å²) >= 11 is 0. The Kier molecular flexibility index (Phi) is 4.71. The second-order valence-electron chi connectivity index (χ2n) is 5.22. The predicted octanol–water partition coefficient (Wildman–Crippen LogP) is 2.10. The number of aromatic nitrogens is 2. The summed E-state index contributed by atoms with van der Waals surface area (Å²) in [7, 11) is 0. The number of nitrogens with zero attached hydrogens (tertiary/aromatic N) is 3. The van der Waals surface area contributed by atoms with E-state index in [4.69, 9.17) is 11.0 Å². The Morgan fingerprint density at radius 1 is 1.59 bits per heavy atom. The molecular formula is C13H22N4. The third-order valence-electron chi connectivity index (χ3n) is 2.98. The van der Waals surface area contributed by atoms with Gasteiger partial charge in [-0.3, -0.25) is 0 Å². The van der Waals surface area contributed by atoms with Gasteiger partial charge in [0.25, 0.3) is 0 Å². The molecule has 1 atom stereocenters. The standard InChI is InChI=1S/C13H22N4/c1-4-11(15)7-12-8-17(10-16-12)6-5-13(2,3)9-14/h8,10-11H,4-7,15H2,1-3H3. The summed E-state index contributed by atoms with van der Waals surface area (Å²) in [6.07, 6.45) is 6.48. The van der Waals surface area contributed by atoms with Gasteiger partial charge in [0.05, 0.1) is 23.5 Å². The van der Waals surface area contributed by atoms with Gasteiger partial charge in [0.1, 0.15) is 0 Å². The molecule has 4 nitrogen and oxygen atoms in total. The van der Waals surface area contributed by atoms with Crippen molar-refractivity contribution in [3.63, 3.8) is 0 Å². The Labute approximate surface area is 103 Å². The molecule has 0 aliphatic heterocycles. The lowest BCUT2D eigenvalue weighted by Crippen LogP contribution is -2.21. The van der Waals surface area contributed by atoms with Gasteiger partial charge in [-0.2, -0.15) is 5.26 Å². The van der Waals surface area contributed by atoms with Crippen LogP contribution < -0.4 is 5.73 Å². The highest BCUT2D eigenvalue weighted by molar-refractivity contribution is 5.00. The van der Waals surface area contributed by atoms with Crippen molar-refractivity contribution in [3.05, 3.63) is 18.2 Å². The van der Waals surface area contributed by atoms with Crippen molar-refractivity contribution in [1.29, 1.82) is 5.26 Å². The second-order valence-corrected chi connectivity index (χ2v) is 5.22. The molecule has 1 rings (SSSR count). The van der Waals surface area contributed by atoms with Crippen LogP contribution >= 0.6 is 0 Å². The zero-order chi connectivity index (χ0) is 12.9. The molecule has 0 bridgehead atoms. The van der Waals surface area contributed by atoms with Gasteiger partial charge >= 0.3 is 0 Å². The predicted molar refractivity (Wildman–Crippen MR) is 68.2 cm³/mol. The maximum atomic E-state index is 8.94. The van der Waals surface area contributed by atoms with Crippen molar-refractivity contribution >= 4 is 0 Å². The van der Waals surface area contributed by atoms with Crippen LogP contribution in [-0.2, 0) is 13.0 Å². The average molecular weight is 234 g/mol. The molecule has 1 aromatic heterocycles. The number of imidazole rings is 1. The molecular weight excluding hydrogens is 212 g/mol. The maximum Gasteiger partial charge on any atom is 0.0949 e. The molecule has 1 heterocycles. The summed E-state index contributed by atoms with van der Waals surface area (Å²) in [6.45, 7) is 6.82. The van der Waals surface area contributed by atoms with Crippen LogP contribution in [0.25, 0.3) is 0 Å². The van der Waals surface area contributed by atoms with Crippen molar-refractivity contribution in [2.75, 3.05) is 0 Å². The van der Waals surface area contributed by atoms with Crippen LogP contribution in [0.15, 0.2) is 12.5 Å². The lowest BCUT2D eigenvalue weighted by atomic mass is 9.91. The van der Waals surface area contributed by atoms with E-state index in [2.05, 4.69) is 18.0 Å². The molecule has 0 spiro atoms. The van der Waals surface area contributed by atoms with E-state index < -0.39 is 0 Å². The molecule has 0 fully saturated rings. The molecule has 0 radical (unpaired) electrons.